The minimum atomic E-state index is -0.0622. The fourth-order valence-corrected chi connectivity index (χ4v) is 4.66. The van der Waals surface area contributed by atoms with Crippen LogP contribution in [0.5, 0.6) is 0 Å². The number of carbonyl (C=O) groups is 1. The van der Waals surface area contributed by atoms with Crippen molar-refractivity contribution in [1.82, 2.24) is 15.0 Å². The van der Waals surface area contributed by atoms with E-state index in [-0.39, 0.29) is 11.9 Å². The highest BCUT2D eigenvalue weighted by Crippen LogP contribution is 2.35. The Morgan fingerprint density at radius 2 is 2.23 bits per heavy atom. The van der Waals surface area contributed by atoms with E-state index in [1.165, 1.54) is 23.3 Å². The van der Waals surface area contributed by atoms with Crippen LogP contribution < -0.4 is 0 Å². The molecule has 0 N–H and O–H groups in total. The number of thiophene rings is 1. The summed E-state index contributed by atoms with van der Waals surface area (Å²) in [5.74, 6) is 1.32. The minimum Gasteiger partial charge on any atom is -0.337 e. The van der Waals surface area contributed by atoms with Crippen LogP contribution in [0, 0.1) is 6.92 Å². The van der Waals surface area contributed by atoms with Gasteiger partial charge in [0.1, 0.15) is 6.04 Å². The smallest absolute Gasteiger partial charge is 0.264 e. The molecule has 5 nitrogen and oxygen atoms in total. The van der Waals surface area contributed by atoms with Gasteiger partial charge in [-0.05, 0) is 57.1 Å². The number of hydrogen-bond donors (Lipinski definition) is 0. The molecule has 1 fully saturated rings. The molecule has 0 bridgehead atoms. The molecule has 1 amide bonds. The summed E-state index contributed by atoms with van der Waals surface area (Å²) in [6, 6.07) is 2.04. The molecule has 6 heteroatoms. The zero-order valence-electron chi connectivity index (χ0n) is 12.7. The van der Waals surface area contributed by atoms with Crippen LogP contribution in [0.4, 0.5) is 0 Å². The average molecular weight is 317 g/mol. The third-order valence-corrected chi connectivity index (χ3v) is 5.77. The van der Waals surface area contributed by atoms with Crippen molar-refractivity contribution in [3.8, 4) is 0 Å². The second kappa shape index (κ2) is 5.50. The quantitative estimate of drug-likeness (QED) is 0.853. The largest absolute Gasteiger partial charge is 0.337 e. The lowest BCUT2D eigenvalue weighted by molar-refractivity contribution is 0.0715. The summed E-state index contributed by atoms with van der Waals surface area (Å²) in [4.78, 5) is 21.4. The SMILES string of the molecule is Cc1noc(C2CCCN2C(=O)c2cc3c(s2)CCCC3)n1. The van der Waals surface area contributed by atoms with Gasteiger partial charge in [-0.1, -0.05) is 5.16 Å². The first kappa shape index (κ1) is 13.9. The highest BCUT2D eigenvalue weighted by atomic mass is 32.1. The Balaban J connectivity index is 1.60. The Hall–Kier alpha value is -1.69. The number of amides is 1. The number of aromatic nitrogens is 2. The number of fused-ring (bicyclic) bond motifs is 1. The third kappa shape index (κ3) is 2.35. The van der Waals surface area contributed by atoms with E-state index < -0.39 is 0 Å². The lowest BCUT2D eigenvalue weighted by Gasteiger charge is -2.21. The van der Waals surface area contributed by atoms with E-state index in [9.17, 15) is 4.79 Å². The molecule has 1 unspecified atom stereocenters. The fraction of sp³-hybridized carbons (Fsp3) is 0.562. The van der Waals surface area contributed by atoms with Crippen molar-refractivity contribution in [3.05, 3.63) is 33.1 Å². The maximum atomic E-state index is 12.9. The fourth-order valence-electron chi connectivity index (χ4n) is 3.45. The lowest BCUT2D eigenvalue weighted by atomic mass is 9.99. The van der Waals surface area contributed by atoms with Gasteiger partial charge >= 0.3 is 0 Å². The molecule has 4 rings (SSSR count). The first-order chi connectivity index (χ1) is 10.7. The molecule has 0 aromatic carbocycles. The zero-order valence-corrected chi connectivity index (χ0v) is 13.5. The Kier molecular flexibility index (Phi) is 3.48. The molecule has 1 saturated heterocycles. The summed E-state index contributed by atoms with van der Waals surface area (Å²) in [5.41, 5.74) is 1.38. The number of rotatable bonds is 2. The summed E-state index contributed by atoms with van der Waals surface area (Å²) < 4.78 is 5.29. The van der Waals surface area contributed by atoms with Crippen molar-refractivity contribution in [2.45, 2.75) is 51.5 Å². The third-order valence-electron chi connectivity index (χ3n) is 4.55. The first-order valence-corrected chi connectivity index (χ1v) is 8.77. The maximum absolute atomic E-state index is 12.9. The van der Waals surface area contributed by atoms with Gasteiger partial charge in [-0.15, -0.1) is 11.3 Å². The Morgan fingerprint density at radius 1 is 1.36 bits per heavy atom. The predicted octanol–water partition coefficient (Wildman–Crippen LogP) is 3.30. The number of nitrogens with zero attached hydrogens (tertiary/aromatic N) is 3. The summed E-state index contributed by atoms with van der Waals surface area (Å²) >= 11 is 1.67. The van der Waals surface area contributed by atoms with E-state index in [4.69, 9.17) is 4.52 Å². The number of aryl methyl sites for hydroxylation is 3. The molecule has 1 atom stereocenters. The van der Waals surface area contributed by atoms with Crippen molar-refractivity contribution < 1.29 is 9.32 Å². The monoisotopic (exact) mass is 317 g/mol. The van der Waals surface area contributed by atoms with Gasteiger partial charge in [0.05, 0.1) is 4.88 Å². The van der Waals surface area contributed by atoms with E-state index in [0.29, 0.717) is 11.7 Å². The Labute approximate surface area is 133 Å². The Bertz CT molecular complexity index is 683. The molecule has 22 heavy (non-hydrogen) atoms. The second-order valence-corrected chi connectivity index (χ2v) is 7.24. The molecular weight excluding hydrogens is 298 g/mol. The predicted molar refractivity (Wildman–Crippen MR) is 83.0 cm³/mol. The minimum absolute atomic E-state index is 0.0622. The van der Waals surface area contributed by atoms with Crippen molar-refractivity contribution in [1.29, 1.82) is 0 Å². The van der Waals surface area contributed by atoms with Crippen LogP contribution in [0.15, 0.2) is 10.6 Å². The van der Waals surface area contributed by atoms with E-state index in [1.807, 2.05) is 4.90 Å². The molecule has 0 saturated carbocycles. The van der Waals surface area contributed by atoms with Gasteiger partial charge in [-0.25, -0.2) is 0 Å². The van der Waals surface area contributed by atoms with Crippen molar-refractivity contribution in [2.24, 2.45) is 0 Å². The molecule has 2 aromatic heterocycles. The maximum Gasteiger partial charge on any atom is 0.264 e. The highest BCUT2D eigenvalue weighted by molar-refractivity contribution is 7.14. The van der Waals surface area contributed by atoms with Crippen molar-refractivity contribution in [3.63, 3.8) is 0 Å². The standard InChI is InChI=1S/C16H19N3O2S/c1-10-17-15(21-18-10)12-6-4-8-19(12)16(20)14-9-11-5-2-3-7-13(11)22-14/h9,12H,2-8H2,1H3. The molecule has 0 radical (unpaired) electrons. The van der Waals surface area contributed by atoms with E-state index in [1.54, 1.807) is 18.3 Å². The molecule has 2 aromatic rings. The van der Waals surface area contributed by atoms with Crippen LogP contribution >= 0.6 is 11.3 Å². The van der Waals surface area contributed by atoms with Crippen molar-refractivity contribution in [2.75, 3.05) is 6.54 Å². The summed E-state index contributed by atoms with van der Waals surface area (Å²) in [6.45, 7) is 2.58. The summed E-state index contributed by atoms with van der Waals surface area (Å²) in [6.07, 6.45) is 6.62. The second-order valence-electron chi connectivity index (χ2n) is 6.10. The van der Waals surface area contributed by atoms with Crippen LogP contribution in [0.2, 0.25) is 0 Å². The van der Waals surface area contributed by atoms with E-state index in [0.717, 1.165) is 37.1 Å². The molecule has 3 heterocycles. The number of hydrogen-bond acceptors (Lipinski definition) is 5. The van der Waals surface area contributed by atoms with Gasteiger partial charge < -0.3 is 9.42 Å². The average Bonchev–Trinajstić information content (AvgIpc) is 3.24. The summed E-state index contributed by atoms with van der Waals surface area (Å²) in [5, 5.41) is 3.86. The van der Waals surface area contributed by atoms with Crippen LogP contribution in [0.3, 0.4) is 0 Å². The molecule has 116 valence electrons. The molecule has 0 spiro atoms. The van der Waals surface area contributed by atoms with Gasteiger partial charge in [-0.3, -0.25) is 4.79 Å². The van der Waals surface area contributed by atoms with Gasteiger partial charge in [0.15, 0.2) is 5.82 Å². The normalized spacial score (nSPS) is 21.1. The van der Waals surface area contributed by atoms with Gasteiger partial charge in [0.25, 0.3) is 5.91 Å². The number of carbonyl (C=O) groups excluding carboxylic acids is 1. The van der Waals surface area contributed by atoms with Gasteiger partial charge in [0, 0.05) is 11.4 Å². The molecular formula is C16H19N3O2S. The van der Waals surface area contributed by atoms with Gasteiger partial charge in [0.2, 0.25) is 5.89 Å². The Morgan fingerprint density at radius 3 is 3.00 bits per heavy atom. The van der Waals surface area contributed by atoms with E-state index >= 15 is 0 Å². The van der Waals surface area contributed by atoms with Gasteiger partial charge in [-0.2, -0.15) is 4.98 Å². The lowest BCUT2D eigenvalue weighted by Crippen LogP contribution is -2.30. The molecule has 1 aliphatic carbocycles. The van der Waals surface area contributed by atoms with Crippen LogP contribution in [0.25, 0.3) is 0 Å². The van der Waals surface area contributed by atoms with E-state index in [2.05, 4.69) is 16.2 Å². The van der Waals surface area contributed by atoms with Crippen molar-refractivity contribution >= 4 is 17.2 Å². The number of likely N-dealkylation sites (tertiary alicyclic amines) is 1. The topological polar surface area (TPSA) is 59.2 Å². The summed E-state index contributed by atoms with van der Waals surface area (Å²) in [7, 11) is 0. The molecule has 2 aliphatic rings. The van der Waals surface area contributed by atoms with Crippen LogP contribution in [0.1, 0.15) is 63.6 Å². The van der Waals surface area contributed by atoms with Crippen LogP contribution in [-0.2, 0) is 12.8 Å². The highest BCUT2D eigenvalue weighted by Gasteiger charge is 2.35. The van der Waals surface area contributed by atoms with Crippen LogP contribution in [-0.4, -0.2) is 27.5 Å². The molecule has 1 aliphatic heterocycles. The first-order valence-electron chi connectivity index (χ1n) is 7.95. The zero-order chi connectivity index (χ0) is 15.1.